The van der Waals surface area contributed by atoms with E-state index in [9.17, 15) is 4.79 Å². The molecule has 2 amide bonds. The van der Waals surface area contributed by atoms with Crippen molar-refractivity contribution in [3.63, 3.8) is 0 Å². The lowest BCUT2D eigenvalue weighted by molar-refractivity contribution is 0.133. The van der Waals surface area contributed by atoms with Crippen LogP contribution >= 0.6 is 0 Å². The zero-order valence-corrected chi connectivity index (χ0v) is 21.9. The van der Waals surface area contributed by atoms with Crippen LogP contribution in [0.15, 0.2) is 55.0 Å². The molecule has 2 aliphatic rings. The summed E-state index contributed by atoms with van der Waals surface area (Å²) in [5.41, 5.74) is 3.20. The van der Waals surface area contributed by atoms with Gasteiger partial charge >= 0.3 is 6.03 Å². The van der Waals surface area contributed by atoms with Crippen LogP contribution in [0.3, 0.4) is 0 Å². The summed E-state index contributed by atoms with van der Waals surface area (Å²) in [5, 5.41) is 5.68. The first-order valence-electron chi connectivity index (χ1n) is 13.7. The molecule has 0 bridgehead atoms. The van der Waals surface area contributed by atoms with E-state index in [1.807, 2.05) is 47.8 Å². The van der Waals surface area contributed by atoms with Gasteiger partial charge in [0.1, 0.15) is 17.1 Å². The molecule has 0 spiro atoms. The van der Waals surface area contributed by atoms with Crippen LogP contribution in [0.1, 0.15) is 50.0 Å². The first kappa shape index (κ1) is 24.5. The Morgan fingerprint density at radius 1 is 1.05 bits per heavy atom. The van der Waals surface area contributed by atoms with Gasteiger partial charge in [-0.2, -0.15) is 0 Å². The van der Waals surface area contributed by atoms with E-state index in [0.717, 1.165) is 79.7 Å². The lowest BCUT2D eigenvalue weighted by Gasteiger charge is -2.35. The topological polar surface area (TPSA) is 92.4 Å². The van der Waals surface area contributed by atoms with Gasteiger partial charge in [0, 0.05) is 48.2 Å². The molecule has 1 atom stereocenters. The Morgan fingerprint density at radius 2 is 1.87 bits per heavy atom. The average molecular weight is 514 g/mol. The van der Waals surface area contributed by atoms with E-state index < -0.39 is 0 Å². The molecule has 1 saturated carbocycles. The third-order valence-electron chi connectivity index (χ3n) is 8.17. The fourth-order valence-electron chi connectivity index (χ4n) is 6.11. The van der Waals surface area contributed by atoms with Crippen LogP contribution in [0.2, 0.25) is 0 Å². The number of nitrogens with zero attached hydrogens (tertiary/aromatic N) is 3. The van der Waals surface area contributed by atoms with Gasteiger partial charge < -0.3 is 24.7 Å². The molecule has 1 aliphatic heterocycles. The van der Waals surface area contributed by atoms with Gasteiger partial charge in [0.2, 0.25) is 0 Å². The smallest absolute Gasteiger partial charge is 0.317 e. The van der Waals surface area contributed by atoms with Crippen LogP contribution < -0.4 is 14.8 Å². The number of piperidine rings is 1. The van der Waals surface area contributed by atoms with Crippen LogP contribution in [0.5, 0.6) is 11.5 Å². The second-order valence-electron chi connectivity index (χ2n) is 10.6. The van der Waals surface area contributed by atoms with Gasteiger partial charge in [0.05, 0.1) is 25.4 Å². The van der Waals surface area contributed by atoms with Crippen LogP contribution in [0.25, 0.3) is 21.9 Å². The minimum absolute atomic E-state index is 0.0667. The van der Waals surface area contributed by atoms with Crippen molar-refractivity contribution in [2.24, 2.45) is 5.92 Å². The van der Waals surface area contributed by atoms with E-state index >= 15 is 0 Å². The lowest BCUT2D eigenvalue weighted by Crippen LogP contribution is -2.50. The summed E-state index contributed by atoms with van der Waals surface area (Å²) >= 11 is 0. The number of urea groups is 1. The fraction of sp³-hybridized carbons (Fsp3) is 0.433. The highest BCUT2D eigenvalue weighted by Crippen LogP contribution is 2.38. The normalized spacial score (nSPS) is 21.9. The highest BCUT2D eigenvalue weighted by molar-refractivity contribution is 6.05. The molecule has 198 valence electrons. The van der Waals surface area contributed by atoms with Gasteiger partial charge in [0.25, 0.3) is 0 Å². The van der Waals surface area contributed by atoms with Crippen molar-refractivity contribution in [2.75, 3.05) is 26.8 Å². The van der Waals surface area contributed by atoms with Gasteiger partial charge in [-0.05, 0) is 86.4 Å². The van der Waals surface area contributed by atoms with Crippen LogP contribution in [-0.2, 0) is 0 Å². The number of likely N-dealkylation sites (tertiary alicyclic amines) is 1. The maximum absolute atomic E-state index is 13.1. The monoisotopic (exact) mass is 513 g/mol. The molecular formula is C30H35N5O3. The molecule has 2 fully saturated rings. The third-order valence-corrected chi connectivity index (χ3v) is 8.17. The average Bonchev–Trinajstić information content (AvgIpc) is 3.46. The highest BCUT2D eigenvalue weighted by atomic mass is 16.5. The van der Waals surface area contributed by atoms with Crippen molar-refractivity contribution >= 4 is 28.0 Å². The number of hydrogen-bond acceptors (Lipinski definition) is 5. The zero-order valence-electron chi connectivity index (χ0n) is 21.9. The number of amides is 2. The number of H-pyrrole nitrogens is 1. The first-order valence-corrected chi connectivity index (χ1v) is 13.7. The molecule has 8 heteroatoms. The maximum atomic E-state index is 13.1. The summed E-state index contributed by atoms with van der Waals surface area (Å²) in [5.74, 6) is 2.45. The van der Waals surface area contributed by atoms with Gasteiger partial charge in [-0.1, -0.05) is 0 Å². The minimum atomic E-state index is 0.0667. The second-order valence-corrected chi connectivity index (χ2v) is 10.6. The number of methoxy groups -OCH3 is 1. The summed E-state index contributed by atoms with van der Waals surface area (Å²) in [6.45, 7) is 2.16. The molecule has 4 heterocycles. The number of carbonyl (C=O) groups is 1. The standard InChI is InChI=1S/C30H35N5O3/c1-37-23-8-10-24(11-9-23)38-19-20-3-2-16-35(18-20)30(36)34-22-6-4-21(5-7-22)25-12-14-31-27-17-33-29-26(28(25)27)13-15-32-29/h8-15,17,20-22H,2-7,16,18-19H2,1H3,(H,32,33)(H,34,36). The Labute approximate surface area is 222 Å². The van der Waals surface area contributed by atoms with Gasteiger partial charge in [-0.25, -0.2) is 9.78 Å². The number of aromatic amines is 1. The number of benzene rings is 1. The van der Waals surface area contributed by atoms with Crippen LogP contribution in [-0.4, -0.2) is 58.7 Å². The number of nitrogens with one attached hydrogen (secondary N) is 2. The van der Waals surface area contributed by atoms with Crippen molar-refractivity contribution < 1.29 is 14.3 Å². The molecule has 4 aromatic rings. The molecule has 38 heavy (non-hydrogen) atoms. The van der Waals surface area contributed by atoms with E-state index in [0.29, 0.717) is 18.4 Å². The van der Waals surface area contributed by atoms with E-state index in [2.05, 4.69) is 32.4 Å². The zero-order chi connectivity index (χ0) is 25.9. The summed E-state index contributed by atoms with van der Waals surface area (Å²) in [4.78, 5) is 27.4. The molecule has 1 aromatic carbocycles. The number of carbonyl (C=O) groups excluding carboxylic acids is 1. The largest absolute Gasteiger partial charge is 0.497 e. The number of rotatable bonds is 6. The van der Waals surface area contributed by atoms with Gasteiger partial charge in [-0.15, -0.1) is 0 Å². The third kappa shape index (κ3) is 5.12. The van der Waals surface area contributed by atoms with Crippen molar-refractivity contribution in [3.05, 3.63) is 60.6 Å². The predicted molar refractivity (Wildman–Crippen MR) is 148 cm³/mol. The SMILES string of the molecule is COc1ccc(OCC2CCCN(C(=O)NC3CCC(c4ccnc5cnc6[nH]ccc6c45)CC3)C2)cc1. The molecule has 8 nitrogen and oxygen atoms in total. The molecule has 1 saturated heterocycles. The number of aromatic nitrogens is 3. The Kier molecular flexibility index (Phi) is 7.03. The van der Waals surface area contributed by atoms with E-state index in [1.165, 1.54) is 10.9 Å². The molecule has 2 N–H and O–H groups in total. The number of ether oxygens (including phenoxy) is 2. The summed E-state index contributed by atoms with van der Waals surface area (Å²) in [7, 11) is 1.66. The Bertz CT molecular complexity index is 1390. The molecule has 1 unspecified atom stereocenters. The molecule has 1 aliphatic carbocycles. The van der Waals surface area contributed by atoms with Crippen molar-refractivity contribution in [3.8, 4) is 11.5 Å². The van der Waals surface area contributed by atoms with E-state index in [-0.39, 0.29) is 12.1 Å². The molecule has 3 aromatic heterocycles. The number of fused-ring (bicyclic) bond motifs is 3. The minimum Gasteiger partial charge on any atom is -0.497 e. The Hall–Kier alpha value is -3.81. The van der Waals surface area contributed by atoms with Crippen LogP contribution in [0.4, 0.5) is 4.79 Å². The quantitative estimate of drug-likeness (QED) is 0.348. The molecule has 0 radical (unpaired) electrons. The Balaban J connectivity index is 1.02. The molecular weight excluding hydrogens is 478 g/mol. The molecule has 6 rings (SSSR count). The van der Waals surface area contributed by atoms with Gasteiger partial charge in [-0.3, -0.25) is 4.98 Å². The van der Waals surface area contributed by atoms with Crippen molar-refractivity contribution in [2.45, 2.75) is 50.5 Å². The lowest BCUT2D eigenvalue weighted by atomic mass is 9.80. The fourth-order valence-corrected chi connectivity index (χ4v) is 6.11. The van der Waals surface area contributed by atoms with Crippen molar-refractivity contribution in [1.82, 2.24) is 25.2 Å². The summed E-state index contributed by atoms with van der Waals surface area (Å²) < 4.78 is 11.2. The highest BCUT2D eigenvalue weighted by Gasteiger charge is 2.29. The summed E-state index contributed by atoms with van der Waals surface area (Å²) in [6, 6.07) is 12.2. The van der Waals surface area contributed by atoms with E-state index in [4.69, 9.17) is 9.47 Å². The van der Waals surface area contributed by atoms with Crippen LogP contribution in [0, 0.1) is 5.92 Å². The summed E-state index contributed by atoms with van der Waals surface area (Å²) in [6.07, 6.45) is 11.9. The van der Waals surface area contributed by atoms with Gasteiger partial charge in [0.15, 0.2) is 0 Å². The second kappa shape index (κ2) is 10.9. The first-order chi connectivity index (χ1) is 18.7. The maximum Gasteiger partial charge on any atom is 0.317 e. The number of hydrogen-bond donors (Lipinski definition) is 2. The predicted octanol–water partition coefficient (Wildman–Crippen LogP) is 5.65. The Morgan fingerprint density at radius 3 is 2.68 bits per heavy atom. The van der Waals surface area contributed by atoms with E-state index in [1.54, 1.807) is 7.11 Å². The van der Waals surface area contributed by atoms with Crippen molar-refractivity contribution in [1.29, 1.82) is 0 Å². The number of pyridine rings is 2.